The molecular weight excluding hydrogens is 245 g/mol. The van der Waals surface area contributed by atoms with E-state index in [1.165, 1.54) is 6.07 Å². The molecule has 1 N–H and O–H groups in total. The molecule has 3 nitrogen and oxygen atoms in total. The van der Waals surface area contributed by atoms with Crippen molar-refractivity contribution in [1.82, 2.24) is 0 Å². The van der Waals surface area contributed by atoms with E-state index in [0.717, 1.165) is 31.7 Å². The van der Waals surface area contributed by atoms with Crippen LogP contribution in [-0.4, -0.2) is 31.4 Å². The summed E-state index contributed by atoms with van der Waals surface area (Å²) < 4.78 is 19.3. The van der Waals surface area contributed by atoms with Crippen molar-refractivity contribution in [2.75, 3.05) is 25.1 Å². The Morgan fingerprint density at radius 2 is 2.26 bits per heavy atom. The predicted octanol–water partition coefficient (Wildman–Crippen LogP) is 2.80. The van der Waals surface area contributed by atoms with Gasteiger partial charge in [-0.15, -0.1) is 0 Å². The van der Waals surface area contributed by atoms with Gasteiger partial charge in [0.15, 0.2) is 0 Å². The zero-order valence-corrected chi connectivity index (χ0v) is 11.8. The van der Waals surface area contributed by atoms with Crippen molar-refractivity contribution in [3.05, 3.63) is 29.1 Å². The fourth-order valence-electron chi connectivity index (χ4n) is 2.54. The minimum atomic E-state index is -0.683. The predicted molar refractivity (Wildman–Crippen MR) is 74.0 cm³/mol. The lowest BCUT2D eigenvalue weighted by Gasteiger charge is -2.26. The molecule has 0 saturated carbocycles. The van der Waals surface area contributed by atoms with E-state index in [1.54, 1.807) is 19.9 Å². The lowest BCUT2D eigenvalue weighted by atomic mass is 10.0. The van der Waals surface area contributed by atoms with Crippen LogP contribution in [0.1, 0.15) is 37.0 Å². The summed E-state index contributed by atoms with van der Waals surface area (Å²) in [5.41, 5.74) is 2.10. The van der Waals surface area contributed by atoms with Crippen molar-refractivity contribution < 1.29 is 14.2 Å². The molecule has 1 heterocycles. The molecule has 0 aromatic heterocycles. The van der Waals surface area contributed by atoms with Crippen LogP contribution in [0.15, 0.2) is 12.1 Å². The standard InChI is InChI=1S/C15H22FNO2/c1-10-7-15(13(11(2)18)8-14(10)16)17(3)9-12-5-4-6-19-12/h7-8,11-12,18H,4-6,9H2,1-3H3. The number of hydrogen-bond acceptors (Lipinski definition) is 3. The average Bonchev–Trinajstić information content (AvgIpc) is 2.84. The van der Waals surface area contributed by atoms with E-state index in [-0.39, 0.29) is 11.9 Å². The molecule has 2 atom stereocenters. The topological polar surface area (TPSA) is 32.7 Å². The van der Waals surface area contributed by atoms with Crippen LogP contribution in [0.25, 0.3) is 0 Å². The normalized spacial score (nSPS) is 20.6. The van der Waals surface area contributed by atoms with Gasteiger partial charge in [0, 0.05) is 31.5 Å². The minimum Gasteiger partial charge on any atom is -0.389 e. The Morgan fingerprint density at radius 3 is 2.84 bits per heavy atom. The SMILES string of the molecule is Cc1cc(N(C)CC2CCCO2)c(C(C)O)cc1F. The Morgan fingerprint density at radius 1 is 1.53 bits per heavy atom. The van der Waals surface area contributed by atoms with Gasteiger partial charge in [-0.3, -0.25) is 0 Å². The van der Waals surface area contributed by atoms with Gasteiger partial charge in [-0.1, -0.05) is 0 Å². The summed E-state index contributed by atoms with van der Waals surface area (Å²) in [5.74, 6) is -0.273. The Balaban J connectivity index is 2.23. The molecule has 1 aromatic carbocycles. The molecule has 0 aliphatic carbocycles. The van der Waals surface area contributed by atoms with Crippen LogP contribution in [0.2, 0.25) is 0 Å². The Hall–Kier alpha value is -1.13. The molecule has 1 saturated heterocycles. The highest BCUT2D eigenvalue weighted by molar-refractivity contribution is 5.56. The van der Waals surface area contributed by atoms with Gasteiger partial charge in [-0.25, -0.2) is 4.39 Å². The van der Waals surface area contributed by atoms with E-state index in [2.05, 4.69) is 0 Å². The molecule has 0 spiro atoms. The number of anilines is 1. The second kappa shape index (κ2) is 5.88. The molecule has 4 heteroatoms. The van der Waals surface area contributed by atoms with Gasteiger partial charge in [0.25, 0.3) is 0 Å². The highest BCUT2D eigenvalue weighted by Crippen LogP contribution is 2.29. The number of halogens is 1. The maximum Gasteiger partial charge on any atom is 0.126 e. The van der Waals surface area contributed by atoms with E-state index in [0.29, 0.717) is 11.1 Å². The number of aryl methyl sites for hydroxylation is 1. The summed E-state index contributed by atoms with van der Waals surface area (Å²) in [6.07, 6.45) is 1.72. The van der Waals surface area contributed by atoms with Gasteiger partial charge in [-0.2, -0.15) is 0 Å². The monoisotopic (exact) mass is 267 g/mol. The second-order valence-corrected chi connectivity index (χ2v) is 5.35. The quantitative estimate of drug-likeness (QED) is 0.910. The number of aliphatic hydroxyl groups is 1. The number of nitrogens with zero attached hydrogens (tertiary/aromatic N) is 1. The molecule has 1 aliphatic rings. The zero-order chi connectivity index (χ0) is 14.0. The van der Waals surface area contributed by atoms with Crippen molar-refractivity contribution in [2.24, 2.45) is 0 Å². The van der Waals surface area contributed by atoms with Crippen LogP contribution < -0.4 is 4.90 Å². The third kappa shape index (κ3) is 3.25. The number of benzene rings is 1. The van der Waals surface area contributed by atoms with Crippen molar-refractivity contribution >= 4 is 5.69 Å². The molecule has 2 unspecified atom stereocenters. The van der Waals surface area contributed by atoms with Crippen LogP contribution in [0.3, 0.4) is 0 Å². The summed E-state index contributed by atoms with van der Waals surface area (Å²) in [6, 6.07) is 3.23. The van der Waals surface area contributed by atoms with Gasteiger partial charge >= 0.3 is 0 Å². The highest BCUT2D eigenvalue weighted by atomic mass is 19.1. The van der Waals surface area contributed by atoms with Gasteiger partial charge in [-0.05, 0) is 44.4 Å². The molecule has 106 valence electrons. The van der Waals surface area contributed by atoms with E-state index in [4.69, 9.17) is 4.74 Å². The van der Waals surface area contributed by atoms with Gasteiger partial charge in [0.2, 0.25) is 0 Å². The van der Waals surface area contributed by atoms with E-state index in [9.17, 15) is 9.50 Å². The Kier molecular flexibility index (Phi) is 4.42. The molecule has 1 aliphatic heterocycles. The smallest absolute Gasteiger partial charge is 0.126 e. The molecule has 0 amide bonds. The van der Waals surface area contributed by atoms with E-state index in [1.807, 2.05) is 11.9 Å². The van der Waals surface area contributed by atoms with Crippen molar-refractivity contribution in [2.45, 2.75) is 38.9 Å². The molecule has 2 rings (SSSR count). The summed E-state index contributed by atoms with van der Waals surface area (Å²) in [7, 11) is 1.96. The van der Waals surface area contributed by atoms with Crippen LogP contribution in [-0.2, 0) is 4.74 Å². The first kappa shape index (κ1) is 14.3. The van der Waals surface area contributed by atoms with Gasteiger partial charge in [0.1, 0.15) is 5.82 Å². The number of rotatable bonds is 4. The molecule has 0 radical (unpaired) electrons. The number of ether oxygens (including phenoxy) is 1. The first-order valence-electron chi connectivity index (χ1n) is 6.80. The van der Waals surface area contributed by atoms with Crippen molar-refractivity contribution in [3.63, 3.8) is 0 Å². The maximum absolute atomic E-state index is 13.6. The fraction of sp³-hybridized carbons (Fsp3) is 0.600. The van der Waals surface area contributed by atoms with Crippen LogP contribution >= 0.6 is 0 Å². The molecule has 1 aromatic rings. The molecule has 0 bridgehead atoms. The largest absolute Gasteiger partial charge is 0.389 e. The number of hydrogen-bond donors (Lipinski definition) is 1. The molecule has 1 fully saturated rings. The third-order valence-electron chi connectivity index (χ3n) is 3.67. The zero-order valence-electron chi connectivity index (χ0n) is 11.8. The number of likely N-dealkylation sites (N-methyl/N-ethyl adjacent to an activating group) is 1. The van der Waals surface area contributed by atoms with Crippen LogP contribution in [0, 0.1) is 12.7 Å². The summed E-state index contributed by atoms with van der Waals surface area (Å²) in [4.78, 5) is 2.05. The van der Waals surface area contributed by atoms with Crippen molar-refractivity contribution in [1.29, 1.82) is 0 Å². The lowest BCUT2D eigenvalue weighted by molar-refractivity contribution is 0.116. The first-order chi connectivity index (χ1) is 8.99. The Bertz CT molecular complexity index is 442. The van der Waals surface area contributed by atoms with Crippen molar-refractivity contribution in [3.8, 4) is 0 Å². The van der Waals surface area contributed by atoms with Crippen LogP contribution in [0.4, 0.5) is 10.1 Å². The Labute approximate surface area is 114 Å². The molecular formula is C15H22FNO2. The summed E-state index contributed by atoms with van der Waals surface area (Å²) in [5, 5.41) is 9.81. The third-order valence-corrected chi connectivity index (χ3v) is 3.67. The average molecular weight is 267 g/mol. The number of aliphatic hydroxyl groups excluding tert-OH is 1. The maximum atomic E-state index is 13.6. The van der Waals surface area contributed by atoms with E-state index >= 15 is 0 Å². The summed E-state index contributed by atoms with van der Waals surface area (Å²) in [6.45, 7) is 4.99. The van der Waals surface area contributed by atoms with E-state index < -0.39 is 6.10 Å². The lowest BCUT2D eigenvalue weighted by Crippen LogP contribution is -2.29. The first-order valence-corrected chi connectivity index (χ1v) is 6.80. The summed E-state index contributed by atoms with van der Waals surface area (Å²) >= 11 is 0. The van der Waals surface area contributed by atoms with Crippen LogP contribution in [0.5, 0.6) is 0 Å². The van der Waals surface area contributed by atoms with Gasteiger partial charge < -0.3 is 14.7 Å². The fourth-order valence-corrected chi connectivity index (χ4v) is 2.54. The molecule has 19 heavy (non-hydrogen) atoms. The minimum absolute atomic E-state index is 0.234. The second-order valence-electron chi connectivity index (χ2n) is 5.35. The highest BCUT2D eigenvalue weighted by Gasteiger charge is 2.20. The van der Waals surface area contributed by atoms with Gasteiger partial charge in [0.05, 0.1) is 12.2 Å².